The van der Waals surface area contributed by atoms with E-state index in [4.69, 9.17) is 4.74 Å². The third-order valence-corrected chi connectivity index (χ3v) is 4.13. The van der Waals surface area contributed by atoms with Crippen molar-refractivity contribution in [1.29, 1.82) is 0 Å². The number of aromatic nitrogens is 2. The van der Waals surface area contributed by atoms with Crippen molar-refractivity contribution in [3.63, 3.8) is 0 Å². The quantitative estimate of drug-likeness (QED) is 0.892. The normalized spacial score (nSPS) is 16.3. The number of halogens is 3. The second-order valence-electron chi connectivity index (χ2n) is 5.92. The summed E-state index contributed by atoms with van der Waals surface area (Å²) >= 11 is 0. The molecular formula is C16H16F3N3O3. The van der Waals surface area contributed by atoms with Gasteiger partial charge in [-0.2, -0.15) is 18.2 Å². The highest BCUT2D eigenvalue weighted by molar-refractivity contribution is 5.78. The first-order valence-electron chi connectivity index (χ1n) is 7.70. The average Bonchev–Trinajstić information content (AvgIpc) is 3.01. The first-order chi connectivity index (χ1) is 11.8. The van der Waals surface area contributed by atoms with E-state index in [0.29, 0.717) is 25.3 Å². The number of hydrogen-bond acceptors (Lipinski definition) is 5. The molecule has 2 heterocycles. The molecule has 1 N–H and O–H groups in total. The van der Waals surface area contributed by atoms with Crippen LogP contribution in [0.5, 0.6) is 0 Å². The molecular weight excluding hydrogens is 339 g/mol. The van der Waals surface area contributed by atoms with E-state index < -0.39 is 12.1 Å². The number of amides is 1. The number of carbonyl (C=O) groups excluding carboxylic acids is 1. The number of alkyl halides is 3. The van der Waals surface area contributed by atoms with Crippen LogP contribution >= 0.6 is 0 Å². The van der Waals surface area contributed by atoms with E-state index in [1.165, 1.54) is 0 Å². The lowest BCUT2D eigenvalue weighted by atomic mass is 9.92. The molecule has 6 nitrogen and oxygen atoms in total. The van der Waals surface area contributed by atoms with Crippen molar-refractivity contribution >= 4 is 5.91 Å². The van der Waals surface area contributed by atoms with Gasteiger partial charge in [0.2, 0.25) is 11.7 Å². The fourth-order valence-electron chi connectivity index (χ4n) is 2.33. The summed E-state index contributed by atoms with van der Waals surface area (Å²) in [6.07, 6.45) is -4.67. The molecule has 1 aromatic heterocycles. The Morgan fingerprint density at radius 2 is 2.00 bits per heavy atom. The van der Waals surface area contributed by atoms with E-state index in [2.05, 4.69) is 20.0 Å². The molecule has 0 spiro atoms. The lowest BCUT2D eigenvalue weighted by molar-refractivity contribution is -0.159. The van der Waals surface area contributed by atoms with Crippen molar-refractivity contribution < 1.29 is 27.2 Å². The van der Waals surface area contributed by atoms with Gasteiger partial charge < -0.3 is 14.6 Å². The molecule has 2 aromatic rings. The van der Waals surface area contributed by atoms with Gasteiger partial charge in [0.15, 0.2) is 0 Å². The van der Waals surface area contributed by atoms with Crippen LogP contribution in [-0.4, -0.2) is 29.3 Å². The summed E-state index contributed by atoms with van der Waals surface area (Å²) < 4.78 is 46.7. The Balaban J connectivity index is 1.58. The number of rotatable bonds is 5. The van der Waals surface area contributed by atoms with Crippen LogP contribution in [0.4, 0.5) is 13.2 Å². The van der Waals surface area contributed by atoms with Crippen LogP contribution in [-0.2, 0) is 22.3 Å². The zero-order valence-electron chi connectivity index (χ0n) is 13.3. The summed E-state index contributed by atoms with van der Waals surface area (Å²) in [4.78, 5) is 15.4. The Morgan fingerprint density at radius 3 is 2.52 bits per heavy atom. The van der Waals surface area contributed by atoms with Gasteiger partial charge in [-0.25, -0.2) is 0 Å². The minimum absolute atomic E-state index is 0.0506. The van der Waals surface area contributed by atoms with Crippen LogP contribution < -0.4 is 5.32 Å². The van der Waals surface area contributed by atoms with Gasteiger partial charge in [0.05, 0.1) is 13.2 Å². The molecule has 1 aromatic carbocycles. The van der Waals surface area contributed by atoms with Crippen LogP contribution in [0.2, 0.25) is 0 Å². The maximum atomic E-state index is 12.5. The molecule has 9 heteroatoms. The summed E-state index contributed by atoms with van der Waals surface area (Å²) in [6, 6.07) is 6.54. The number of nitrogens with one attached hydrogen (secondary N) is 1. The summed E-state index contributed by atoms with van der Waals surface area (Å²) in [7, 11) is 0. The topological polar surface area (TPSA) is 77.3 Å². The molecule has 134 valence electrons. The number of hydrogen-bond donors (Lipinski definition) is 1. The van der Waals surface area contributed by atoms with E-state index >= 15 is 0 Å². The third kappa shape index (κ3) is 3.98. The predicted molar refractivity (Wildman–Crippen MR) is 80.1 cm³/mol. The molecule has 1 fully saturated rings. The van der Waals surface area contributed by atoms with Crippen molar-refractivity contribution in [2.24, 2.45) is 11.8 Å². The minimum Gasteiger partial charge on any atom is -0.381 e. The smallest absolute Gasteiger partial charge is 0.381 e. The van der Waals surface area contributed by atoms with Crippen molar-refractivity contribution in [3.8, 4) is 11.4 Å². The summed E-state index contributed by atoms with van der Waals surface area (Å²) in [6.45, 7) is 3.40. The highest BCUT2D eigenvalue weighted by atomic mass is 19.4. The van der Waals surface area contributed by atoms with E-state index in [1.807, 2.05) is 6.92 Å². The molecule has 0 saturated carbocycles. The monoisotopic (exact) mass is 355 g/mol. The second-order valence-corrected chi connectivity index (χ2v) is 5.92. The molecule has 0 bridgehead atoms. The predicted octanol–water partition coefficient (Wildman–Crippen LogP) is 2.65. The zero-order chi connectivity index (χ0) is 18.0. The van der Waals surface area contributed by atoms with Crippen molar-refractivity contribution in [2.45, 2.75) is 19.6 Å². The van der Waals surface area contributed by atoms with E-state index in [1.54, 1.807) is 24.3 Å². The Hall–Kier alpha value is -2.42. The number of carbonyl (C=O) groups is 1. The van der Waals surface area contributed by atoms with Crippen LogP contribution in [0.1, 0.15) is 18.4 Å². The number of benzene rings is 1. The maximum absolute atomic E-state index is 12.5. The van der Waals surface area contributed by atoms with Gasteiger partial charge in [0, 0.05) is 23.9 Å². The minimum atomic E-state index is -4.67. The first-order valence-corrected chi connectivity index (χ1v) is 7.70. The highest BCUT2D eigenvalue weighted by Gasteiger charge is 2.38. The van der Waals surface area contributed by atoms with Crippen LogP contribution in [0, 0.1) is 11.8 Å². The second kappa shape index (κ2) is 6.83. The van der Waals surface area contributed by atoms with Crippen LogP contribution in [0.25, 0.3) is 11.4 Å². The third-order valence-electron chi connectivity index (χ3n) is 4.13. The molecule has 0 radical (unpaired) electrons. The molecule has 25 heavy (non-hydrogen) atoms. The molecule has 1 aliphatic rings. The molecule has 1 amide bonds. The lowest BCUT2D eigenvalue weighted by Gasteiger charge is -2.30. The highest BCUT2D eigenvalue weighted by Crippen LogP contribution is 2.29. The number of ether oxygens (including phenoxy) is 1. The van der Waals surface area contributed by atoms with E-state index in [-0.39, 0.29) is 23.6 Å². The van der Waals surface area contributed by atoms with E-state index in [0.717, 1.165) is 5.56 Å². The Morgan fingerprint density at radius 1 is 1.32 bits per heavy atom. The van der Waals surface area contributed by atoms with Crippen LogP contribution in [0.3, 0.4) is 0 Å². The Bertz CT molecular complexity index is 739. The van der Waals surface area contributed by atoms with Gasteiger partial charge >= 0.3 is 12.1 Å². The molecule has 1 atom stereocenters. The Labute approximate surface area is 141 Å². The van der Waals surface area contributed by atoms with Crippen molar-refractivity contribution in [1.82, 2.24) is 15.5 Å². The lowest BCUT2D eigenvalue weighted by Crippen LogP contribution is -2.41. The van der Waals surface area contributed by atoms with Gasteiger partial charge in [0.25, 0.3) is 0 Å². The Kier molecular flexibility index (Phi) is 4.76. The molecule has 1 aliphatic heterocycles. The SMILES string of the molecule is CC(C(=O)NCc1ccc(-c2noc(C(F)(F)F)n2)cc1)C1COC1. The summed E-state index contributed by atoms with van der Waals surface area (Å²) in [5.41, 5.74) is 1.21. The maximum Gasteiger partial charge on any atom is 0.471 e. The first kappa shape index (κ1) is 17.4. The van der Waals surface area contributed by atoms with Gasteiger partial charge in [-0.15, -0.1) is 0 Å². The fraction of sp³-hybridized carbons (Fsp3) is 0.438. The van der Waals surface area contributed by atoms with Crippen LogP contribution in [0.15, 0.2) is 28.8 Å². The van der Waals surface area contributed by atoms with Gasteiger partial charge in [-0.3, -0.25) is 4.79 Å². The van der Waals surface area contributed by atoms with Gasteiger partial charge in [-0.05, 0) is 5.56 Å². The van der Waals surface area contributed by atoms with E-state index in [9.17, 15) is 18.0 Å². The standard InChI is InChI=1S/C16H16F3N3O3/c1-9(12-7-24-8-12)14(23)20-6-10-2-4-11(5-3-10)13-21-15(25-22-13)16(17,18)19/h2-5,9,12H,6-8H2,1H3,(H,20,23). The van der Waals surface area contributed by atoms with Gasteiger partial charge in [-0.1, -0.05) is 36.3 Å². The zero-order valence-corrected chi connectivity index (χ0v) is 13.3. The average molecular weight is 355 g/mol. The fourth-order valence-corrected chi connectivity index (χ4v) is 2.33. The van der Waals surface area contributed by atoms with Crippen molar-refractivity contribution in [3.05, 3.63) is 35.7 Å². The summed E-state index contributed by atoms with van der Waals surface area (Å²) in [5.74, 6) is -1.43. The molecule has 0 aliphatic carbocycles. The van der Waals surface area contributed by atoms with Crippen molar-refractivity contribution in [2.75, 3.05) is 13.2 Å². The van der Waals surface area contributed by atoms with Gasteiger partial charge in [0.1, 0.15) is 0 Å². The molecule has 1 unspecified atom stereocenters. The molecule has 3 rings (SSSR count). The molecule has 1 saturated heterocycles. The number of nitrogens with zero attached hydrogens (tertiary/aromatic N) is 2. The summed E-state index contributed by atoms with van der Waals surface area (Å²) in [5, 5.41) is 6.17. The largest absolute Gasteiger partial charge is 0.471 e.